The van der Waals surface area contributed by atoms with Crippen LogP contribution in [0.4, 0.5) is 17.1 Å². The van der Waals surface area contributed by atoms with Gasteiger partial charge in [-0.1, -0.05) is 188 Å². The van der Waals surface area contributed by atoms with Crippen LogP contribution < -0.4 is 4.90 Å². The molecule has 1 aromatic heterocycles. The third-order valence-electron chi connectivity index (χ3n) is 13.8. The molecule has 12 aromatic carbocycles. The molecule has 0 fully saturated rings. The van der Waals surface area contributed by atoms with Crippen LogP contribution in [0.1, 0.15) is 0 Å². The summed E-state index contributed by atoms with van der Waals surface area (Å²) in [7, 11) is 0. The molecule has 0 unspecified atom stereocenters. The quantitative estimate of drug-likeness (QED) is 0.138. The van der Waals surface area contributed by atoms with Crippen LogP contribution in [0.25, 0.3) is 104 Å². The van der Waals surface area contributed by atoms with Gasteiger partial charge in [-0.2, -0.15) is 0 Å². The van der Waals surface area contributed by atoms with E-state index in [1.54, 1.807) is 0 Å². The molecule has 0 aliphatic carbocycles. The van der Waals surface area contributed by atoms with Gasteiger partial charge in [0.2, 0.25) is 0 Å². The number of rotatable bonds is 8. The Morgan fingerprint density at radius 2 is 0.515 bits per heavy atom. The van der Waals surface area contributed by atoms with E-state index < -0.39 is 0 Å². The van der Waals surface area contributed by atoms with Gasteiger partial charge in [0.15, 0.2) is 0 Å². The second-order valence-corrected chi connectivity index (χ2v) is 17.7. The molecule has 0 saturated heterocycles. The molecule has 68 heavy (non-hydrogen) atoms. The summed E-state index contributed by atoms with van der Waals surface area (Å²) in [5.74, 6) is 0. The van der Waals surface area contributed by atoms with Crippen molar-refractivity contribution in [3.05, 3.63) is 267 Å². The summed E-state index contributed by atoms with van der Waals surface area (Å²) >= 11 is 0. The highest BCUT2D eigenvalue weighted by Gasteiger charge is 2.17. The molecule has 0 amide bonds. The fourth-order valence-corrected chi connectivity index (χ4v) is 10.4. The maximum Gasteiger partial charge on any atom is 0.0541 e. The monoisotopic (exact) mass is 864 g/mol. The number of hydrogen-bond donors (Lipinski definition) is 0. The maximum absolute atomic E-state index is 2.43. The Hall–Kier alpha value is -8.98. The lowest BCUT2D eigenvalue weighted by Gasteiger charge is -2.25. The number of benzene rings is 12. The van der Waals surface area contributed by atoms with E-state index in [2.05, 4.69) is 276 Å². The first-order chi connectivity index (χ1) is 33.7. The first-order valence-electron chi connectivity index (χ1n) is 23.4. The standard InChI is InChI=1S/C66H44N2/c1-4-14-45(15-5-1)46-24-26-47(27-25-46)51-33-40-65-63(43-51)64-44-52(49-28-35-55(36-29-49)67(53-16-6-2-7-17-53)54-18-8-3-9-19-54)34-41-66(64)68(65)56-37-30-48(31-38-56)50-32-39-61-59-22-11-10-20-57(59)58-21-12-13-23-60(58)62(61)42-50/h1-44H. The summed E-state index contributed by atoms with van der Waals surface area (Å²) in [6.45, 7) is 0. The van der Waals surface area contributed by atoms with Gasteiger partial charge in [-0.05, 0) is 156 Å². The van der Waals surface area contributed by atoms with Crippen molar-refractivity contribution in [1.82, 2.24) is 4.57 Å². The molecule has 2 heteroatoms. The second-order valence-electron chi connectivity index (χ2n) is 17.7. The molecule has 0 bridgehead atoms. The van der Waals surface area contributed by atoms with Gasteiger partial charge in [0.25, 0.3) is 0 Å². The molecule has 0 spiro atoms. The third kappa shape index (κ3) is 6.82. The smallest absolute Gasteiger partial charge is 0.0541 e. The highest BCUT2D eigenvalue weighted by atomic mass is 15.1. The van der Waals surface area contributed by atoms with Crippen molar-refractivity contribution in [1.29, 1.82) is 0 Å². The number of para-hydroxylation sites is 2. The minimum atomic E-state index is 1.11. The van der Waals surface area contributed by atoms with Crippen LogP contribution in [0.3, 0.4) is 0 Å². The molecule has 0 atom stereocenters. The summed E-state index contributed by atoms with van der Waals surface area (Å²) in [4.78, 5) is 2.31. The van der Waals surface area contributed by atoms with Gasteiger partial charge in [-0.15, -0.1) is 0 Å². The van der Waals surface area contributed by atoms with Crippen molar-refractivity contribution in [2.45, 2.75) is 0 Å². The molecule has 0 saturated carbocycles. The lowest BCUT2D eigenvalue weighted by Crippen LogP contribution is -2.09. The van der Waals surface area contributed by atoms with Crippen LogP contribution in [0, 0.1) is 0 Å². The number of anilines is 3. The maximum atomic E-state index is 2.43. The van der Waals surface area contributed by atoms with Crippen LogP contribution in [0.5, 0.6) is 0 Å². The molecule has 0 aliphatic heterocycles. The van der Waals surface area contributed by atoms with Gasteiger partial charge in [-0.3, -0.25) is 0 Å². The molecular formula is C66H44N2. The van der Waals surface area contributed by atoms with Crippen molar-refractivity contribution in [2.24, 2.45) is 0 Å². The number of nitrogens with zero attached hydrogens (tertiary/aromatic N) is 2. The Labute approximate surface area is 395 Å². The van der Waals surface area contributed by atoms with Crippen LogP contribution in [-0.2, 0) is 0 Å². The van der Waals surface area contributed by atoms with Crippen molar-refractivity contribution in [3.8, 4) is 50.2 Å². The Morgan fingerprint density at radius 1 is 0.206 bits per heavy atom. The van der Waals surface area contributed by atoms with Crippen LogP contribution >= 0.6 is 0 Å². The van der Waals surface area contributed by atoms with E-state index in [0.717, 1.165) is 22.7 Å². The highest BCUT2D eigenvalue weighted by molar-refractivity contribution is 6.25. The molecule has 1 heterocycles. The topological polar surface area (TPSA) is 8.17 Å². The Morgan fingerprint density at radius 3 is 1.00 bits per heavy atom. The summed E-state index contributed by atoms with van der Waals surface area (Å²) in [5, 5.41) is 10.2. The van der Waals surface area contributed by atoms with Crippen LogP contribution in [0.2, 0.25) is 0 Å². The van der Waals surface area contributed by atoms with E-state index in [1.165, 1.54) is 98.6 Å². The molecule has 0 aliphatic rings. The summed E-state index contributed by atoms with van der Waals surface area (Å²) in [6.07, 6.45) is 0. The minimum absolute atomic E-state index is 1.11. The zero-order valence-corrected chi connectivity index (χ0v) is 37.3. The first kappa shape index (κ1) is 39.4. The molecule has 318 valence electrons. The Bertz CT molecular complexity index is 3890. The van der Waals surface area contributed by atoms with E-state index in [0.29, 0.717) is 0 Å². The predicted molar refractivity (Wildman–Crippen MR) is 290 cm³/mol. The van der Waals surface area contributed by atoms with Gasteiger partial charge in [-0.25, -0.2) is 0 Å². The summed E-state index contributed by atoms with van der Waals surface area (Å²) in [5.41, 5.74) is 16.4. The average Bonchev–Trinajstić information content (AvgIpc) is 3.75. The normalized spacial score (nSPS) is 11.5. The third-order valence-corrected chi connectivity index (χ3v) is 13.8. The summed E-state index contributed by atoms with van der Waals surface area (Å²) < 4.78 is 2.43. The van der Waals surface area contributed by atoms with Crippen LogP contribution in [-0.4, -0.2) is 4.57 Å². The fourth-order valence-electron chi connectivity index (χ4n) is 10.4. The second kappa shape index (κ2) is 16.5. The Balaban J connectivity index is 0.913. The van der Waals surface area contributed by atoms with Gasteiger partial charge >= 0.3 is 0 Å². The van der Waals surface area contributed by atoms with Crippen molar-refractivity contribution < 1.29 is 0 Å². The van der Waals surface area contributed by atoms with E-state index in [9.17, 15) is 0 Å². The van der Waals surface area contributed by atoms with Crippen molar-refractivity contribution in [3.63, 3.8) is 0 Å². The fraction of sp³-hybridized carbons (Fsp3) is 0. The lowest BCUT2D eigenvalue weighted by atomic mass is 9.92. The molecule has 0 N–H and O–H groups in total. The first-order valence-corrected chi connectivity index (χ1v) is 23.4. The van der Waals surface area contributed by atoms with Crippen molar-refractivity contribution in [2.75, 3.05) is 4.90 Å². The molecular weight excluding hydrogens is 821 g/mol. The van der Waals surface area contributed by atoms with E-state index in [-0.39, 0.29) is 0 Å². The zero-order chi connectivity index (χ0) is 45.0. The molecule has 0 radical (unpaired) electrons. The zero-order valence-electron chi connectivity index (χ0n) is 37.3. The summed E-state index contributed by atoms with van der Waals surface area (Å²) in [6, 6.07) is 97.3. The van der Waals surface area contributed by atoms with Gasteiger partial charge in [0, 0.05) is 33.5 Å². The molecule has 13 aromatic rings. The van der Waals surface area contributed by atoms with Gasteiger partial charge < -0.3 is 9.47 Å². The molecule has 2 nitrogen and oxygen atoms in total. The van der Waals surface area contributed by atoms with Gasteiger partial charge in [0.05, 0.1) is 11.0 Å². The minimum Gasteiger partial charge on any atom is -0.311 e. The van der Waals surface area contributed by atoms with Gasteiger partial charge in [0.1, 0.15) is 0 Å². The Kier molecular flexibility index (Phi) is 9.54. The van der Waals surface area contributed by atoms with Crippen LogP contribution in [0.15, 0.2) is 267 Å². The number of hydrogen-bond acceptors (Lipinski definition) is 1. The highest BCUT2D eigenvalue weighted by Crippen LogP contribution is 2.41. The van der Waals surface area contributed by atoms with E-state index in [1.807, 2.05) is 0 Å². The van der Waals surface area contributed by atoms with E-state index in [4.69, 9.17) is 0 Å². The van der Waals surface area contributed by atoms with Crippen molar-refractivity contribution >= 4 is 71.2 Å². The predicted octanol–water partition coefficient (Wildman–Crippen LogP) is 18.4. The lowest BCUT2D eigenvalue weighted by molar-refractivity contribution is 1.18. The number of fused-ring (bicyclic) bond motifs is 9. The molecule has 13 rings (SSSR count). The number of aromatic nitrogens is 1. The largest absolute Gasteiger partial charge is 0.311 e. The van der Waals surface area contributed by atoms with E-state index >= 15 is 0 Å². The average molecular weight is 865 g/mol. The SMILES string of the molecule is c1ccc(-c2ccc(-c3ccc4c(c3)c3cc(-c5ccc(N(c6ccccc6)c6ccccc6)cc5)ccc3n4-c3ccc(-c4ccc5c6ccccc6c6ccccc6c5c4)cc3)cc2)cc1.